The summed E-state index contributed by atoms with van der Waals surface area (Å²) in [6.07, 6.45) is -5.55. The second kappa shape index (κ2) is 16.7. The minimum atomic E-state index is -1.75. The van der Waals surface area contributed by atoms with Crippen LogP contribution in [0.1, 0.15) is 68.4 Å². The fourth-order valence-corrected chi connectivity index (χ4v) is 7.07. The first-order valence-electron chi connectivity index (χ1n) is 17.3. The SMILES string of the molecule is CC(C)=CCc1cc(C(=O)OC[C@@H]2CCN3CCC[C@H]23)cc(CC=C(C)C)c1O[C@@H]1OC[C@H](O)[C@@H](O)[C@H]1O[C@H]1O[C@H](CO)[C@@H](O)[C@H](O)[C@@H]1O. The van der Waals surface area contributed by atoms with Gasteiger partial charge >= 0.3 is 5.97 Å². The lowest BCUT2D eigenvalue weighted by Gasteiger charge is -2.44. The summed E-state index contributed by atoms with van der Waals surface area (Å²) in [5.74, 6) is 0.284. The summed E-state index contributed by atoms with van der Waals surface area (Å²) in [5, 5.41) is 62.3. The molecule has 4 saturated heterocycles. The zero-order valence-electron chi connectivity index (χ0n) is 28.8. The van der Waals surface area contributed by atoms with Gasteiger partial charge in [-0.05, 0) is 96.1 Å². The Bertz CT molecular complexity index is 1300. The van der Waals surface area contributed by atoms with Crippen molar-refractivity contribution in [2.75, 3.05) is 32.9 Å². The summed E-state index contributed by atoms with van der Waals surface area (Å²) >= 11 is 0. The van der Waals surface area contributed by atoms with Crippen LogP contribution in [-0.4, -0.2) is 136 Å². The highest BCUT2D eigenvalue weighted by atomic mass is 16.8. The Morgan fingerprint density at radius 1 is 0.898 bits per heavy atom. The molecule has 0 saturated carbocycles. The van der Waals surface area contributed by atoms with Gasteiger partial charge in [0, 0.05) is 12.0 Å². The molecule has 4 fully saturated rings. The van der Waals surface area contributed by atoms with Crippen molar-refractivity contribution in [1.82, 2.24) is 4.90 Å². The van der Waals surface area contributed by atoms with E-state index in [1.54, 1.807) is 12.1 Å². The van der Waals surface area contributed by atoms with E-state index in [2.05, 4.69) is 4.90 Å². The maximum Gasteiger partial charge on any atom is 0.338 e. The summed E-state index contributed by atoms with van der Waals surface area (Å²) in [6, 6.07) is 3.94. The maximum absolute atomic E-state index is 13.6. The summed E-state index contributed by atoms with van der Waals surface area (Å²) < 4.78 is 29.6. The molecule has 0 spiro atoms. The number of allylic oxidation sites excluding steroid dienone is 4. The van der Waals surface area contributed by atoms with Crippen molar-refractivity contribution in [3.8, 4) is 5.75 Å². The lowest BCUT2D eigenvalue weighted by atomic mass is 9.97. The van der Waals surface area contributed by atoms with E-state index in [0.29, 0.717) is 53.8 Å². The number of nitrogens with zero attached hydrogens (tertiary/aromatic N) is 1. The van der Waals surface area contributed by atoms with E-state index in [1.807, 2.05) is 39.8 Å². The molecule has 274 valence electrons. The minimum absolute atomic E-state index is 0.295. The molecule has 0 aromatic heterocycles. The van der Waals surface area contributed by atoms with E-state index in [9.17, 15) is 35.4 Å². The summed E-state index contributed by atoms with van der Waals surface area (Å²) in [6.45, 7) is 9.38. The van der Waals surface area contributed by atoms with Crippen LogP contribution in [0.4, 0.5) is 0 Å². The average Bonchev–Trinajstić information content (AvgIpc) is 3.70. The average molecular weight is 692 g/mol. The molecule has 13 nitrogen and oxygen atoms in total. The minimum Gasteiger partial charge on any atom is -0.462 e. The molecule has 4 aliphatic rings. The lowest BCUT2D eigenvalue weighted by molar-refractivity contribution is -0.348. The molecule has 5 rings (SSSR count). The number of carbonyl (C=O) groups is 1. The molecule has 4 aliphatic heterocycles. The smallest absolute Gasteiger partial charge is 0.338 e. The number of esters is 1. The molecule has 11 atom stereocenters. The van der Waals surface area contributed by atoms with E-state index in [4.69, 9.17) is 23.7 Å². The number of ether oxygens (including phenoxy) is 5. The Hall–Kier alpha value is -2.43. The van der Waals surface area contributed by atoms with E-state index < -0.39 is 67.9 Å². The predicted octanol–water partition coefficient (Wildman–Crippen LogP) is 0.987. The van der Waals surface area contributed by atoms with E-state index >= 15 is 0 Å². The molecule has 0 aliphatic carbocycles. The van der Waals surface area contributed by atoms with Crippen LogP contribution in [0.15, 0.2) is 35.4 Å². The van der Waals surface area contributed by atoms with E-state index in [1.165, 1.54) is 6.42 Å². The summed E-state index contributed by atoms with van der Waals surface area (Å²) in [5.41, 5.74) is 3.79. The van der Waals surface area contributed by atoms with Crippen molar-refractivity contribution in [3.63, 3.8) is 0 Å². The first kappa shape index (κ1) is 37.8. The van der Waals surface area contributed by atoms with Crippen LogP contribution in [-0.2, 0) is 31.8 Å². The van der Waals surface area contributed by atoms with Gasteiger partial charge in [-0.2, -0.15) is 0 Å². The quantitative estimate of drug-likeness (QED) is 0.135. The van der Waals surface area contributed by atoms with Crippen molar-refractivity contribution < 1.29 is 59.1 Å². The Morgan fingerprint density at radius 2 is 1.57 bits per heavy atom. The third-order valence-corrected chi connectivity index (χ3v) is 9.92. The van der Waals surface area contributed by atoms with Crippen LogP contribution in [0.5, 0.6) is 5.75 Å². The van der Waals surface area contributed by atoms with Gasteiger partial charge in [-0.15, -0.1) is 0 Å². The summed E-state index contributed by atoms with van der Waals surface area (Å²) in [4.78, 5) is 16.0. The van der Waals surface area contributed by atoms with Gasteiger partial charge < -0.3 is 54.3 Å². The highest BCUT2D eigenvalue weighted by Crippen LogP contribution is 2.35. The highest BCUT2D eigenvalue weighted by molar-refractivity contribution is 5.90. The molecule has 49 heavy (non-hydrogen) atoms. The largest absolute Gasteiger partial charge is 0.462 e. The Morgan fingerprint density at radius 3 is 2.20 bits per heavy atom. The lowest BCUT2D eigenvalue weighted by Crippen LogP contribution is -2.63. The molecule has 1 aromatic rings. The molecule has 0 unspecified atom stereocenters. The van der Waals surface area contributed by atoms with Gasteiger partial charge in [0.25, 0.3) is 0 Å². The number of benzene rings is 1. The molecule has 1 aromatic carbocycles. The Balaban J connectivity index is 1.44. The van der Waals surface area contributed by atoms with E-state index in [0.717, 1.165) is 37.1 Å². The zero-order chi connectivity index (χ0) is 35.4. The predicted molar refractivity (Wildman–Crippen MR) is 177 cm³/mol. The third kappa shape index (κ3) is 8.90. The van der Waals surface area contributed by atoms with Crippen molar-refractivity contribution in [2.45, 2.75) is 121 Å². The standard InChI is InChI=1S/C36H53NO12/c1-19(2)7-9-21-14-24(34(44)45-17-23-11-13-37-12-5-6-25(23)37)15-22(10-8-20(3)4)32(21)48-36-33(28(40)26(39)18-46-36)49-35-31(43)30(42)29(41)27(16-38)47-35/h7-8,14-15,23,25-31,33,35-36,38-43H,5-6,9-13,16-18H2,1-4H3/t23-,25+,26-,27+,28+,29+,30-,31-,33+,35+,36-/m0/s1. The van der Waals surface area contributed by atoms with Crippen molar-refractivity contribution in [2.24, 2.45) is 5.92 Å². The number of carbonyl (C=O) groups excluding carboxylic acids is 1. The fraction of sp³-hybridized carbons (Fsp3) is 0.694. The van der Waals surface area contributed by atoms with Crippen molar-refractivity contribution in [1.29, 1.82) is 0 Å². The number of hydrogen-bond acceptors (Lipinski definition) is 13. The normalized spacial score (nSPS) is 34.7. The van der Waals surface area contributed by atoms with E-state index in [-0.39, 0.29) is 6.61 Å². The van der Waals surface area contributed by atoms with Crippen molar-refractivity contribution in [3.05, 3.63) is 52.1 Å². The zero-order valence-corrected chi connectivity index (χ0v) is 28.8. The number of fused-ring (bicyclic) bond motifs is 1. The maximum atomic E-state index is 13.6. The van der Waals surface area contributed by atoms with Crippen LogP contribution >= 0.6 is 0 Å². The van der Waals surface area contributed by atoms with Gasteiger partial charge in [0.2, 0.25) is 6.29 Å². The molecule has 4 heterocycles. The first-order chi connectivity index (χ1) is 23.4. The van der Waals surface area contributed by atoms with Crippen molar-refractivity contribution >= 4 is 5.97 Å². The number of aliphatic hydroxyl groups is 6. The molecular formula is C36H53NO12. The topological polar surface area (TPSA) is 188 Å². The summed E-state index contributed by atoms with van der Waals surface area (Å²) in [7, 11) is 0. The Kier molecular flexibility index (Phi) is 12.9. The fourth-order valence-electron chi connectivity index (χ4n) is 7.07. The second-order valence-electron chi connectivity index (χ2n) is 14.2. The Labute approximate surface area is 287 Å². The first-order valence-corrected chi connectivity index (χ1v) is 17.3. The van der Waals surface area contributed by atoms with Gasteiger partial charge in [0.15, 0.2) is 12.4 Å². The molecular weight excluding hydrogens is 638 g/mol. The highest BCUT2D eigenvalue weighted by Gasteiger charge is 2.49. The third-order valence-electron chi connectivity index (χ3n) is 9.92. The second-order valence-corrected chi connectivity index (χ2v) is 14.2. The molecule has 0 radical (unpaired) electrons. The van der Waals surface area contributed by atoms with Gasteiger partial charge in [-0.3, -0.25) is 4.90 Å². The van der Waals surface area contributed by atoms with Crippen LogP contribution in [0.3, 0.4) is 0 Å². The van der Waals surface area contributed by atoms with Gasteiger partial charge in [0.05, 0.1) is 25.4 Å². The van der Waals surface area contributed by atoms with Crippen LogP contribution in [0, 0.1) is 5.92 Å². The van der Waals surface area contributed by atoms with Gasteiger partial charge in [-0.1, -0.05) is 23.3 Å². The monoisotopic (exact) mass is 691 g/mol. The van der Waals surface area contributed by atoms with Gasteiger partial charge in [0.1, 0.15) is 42.4 Å². The molecule has 0 amide bonds. The number of rotatable bonds is 12. The molecule has 6 N–H and O–H groups in total. The van der Waals surface area contributed by atoms with Gasteiger partial charge in [-0.25, -0.2) is 4.79 Å². The number of hydrogen-bond donors (Lipinski definition) is 6. The number of aliphatic hydroxyl groups excluding tert-OH is 6. The molecule has 13 heteroatoms. The van der Waals surface area contributed by atoms with Crippen LogP contribution in [0.2, 0.25) is 0 Å². The van der Waals surface area contributed by atoms with Crippen LogP contribution < -0.4 is 4.74 Å². The molecule has 0 bridgehead atoms. The van der Waals surface area contributed by atoms with Crippen LogP contribution in [0.25, 0.3) is 0 Å².